The summed E-state index contributed by atoms with van der Waals surface area (Å²) < 4.78 is 68.7. The third-order valence-electron chi connectivity index (χ3n) is 20.3. The molecule has 0 heterocycles. The molecule has 19 heteroatoms. The van der Waals surface area contributed by atoms with Gasteiger partial charge < -0.3 is 33.8 Å². The zero-order chi connectivity index (χ0) is 76.4. The highest BCUT2D eigenvalue weighted by atomic mass is 31.2. The van der Waals surface area contributed by atoms with Gasteiger partial charge >= 0.3 is 39.5 Å². The number of hydrogen-bond acceptors (Lipinski definition) is 15. The highest BCUT2D eigenvalue weighted by Crippen LogP contribution is 2.45. The average molecular weight is 1520 g/mol. The van der Waals surface area contributed by atoms with Gasteiger partial charge in [-0.15, -0.1) is 0 Å². The zero-order valence-corrected chi connectivity index (χ0v) is 70.1. The smallest absolute Gasteiger partial charge is 0.462 e. The van der Waals surface area contributed by atoms with Crippen LogP contribution in [-0.2, 0) is 65.4 Å². The molecule has 17 nitrogen and oxygen atoms in total. The Labute approximate surface area is 638 Å². The molecule has 0 spiro atoms. The second-order valence-electron chi connectivity index (χ2n) is 31.3. The minimum absolute atomic E-state index is 0.106. The fourth-order valence-corrected chi connectivity index (χ4v) is 14.8. The van der Waals surface area contributed by atoms with Crippen molar-refractivity contribution in [2.75, 3.05) is 39.6 Å². The topological polar surface area (TPSA) is 237 Å². The number of carbonyl (C=O) groups excluding carboxylic acids is 4. The van der Waals surface area contributed by atoms with Gasteiger partial charge in [0.15, 0.2) is 12.2 Å². The first-order valence-electron chi connectivity index (χ1n) is 44.0. The molecule has 3 unspecified atom stereocenters. The van der Waals surface area contributed by atoms with Gasteiger partial charge in [-0.1, -0.05) is 401 Å². The normalized spacial score (nSPS) is 14.1. The van der Waals surface area contributed by atoms with Crippen LogP contribution < -0.4 is 0 Å². The highest BCUT2D eigenvalue weighted by Gasteiger charge is 2.30. The van der Waals surface area contributed by atoms with E-state index in [4.69, 9.17) is 37.0 Å². The SMILES string of the molecule is CCCCCCCCCCCCCCCCCCCCCCCC(=O)OC[C@H](COP(=O)(O)OC[C@@H](O)COP(=O)(O)OC[C@@H](COC(=O)CCCCCCCCC)OC(=O)CCCCCCCCCCCCCC(C)C)OC(=O)CCCCCCCCCCCCCCCCCCCCC(C)CC. The van der Waals surface area contributed by atoms with Crippen LogP contribution >= 0.6 is 15.6 Å². The minimum atomic E-state index is -4.96. The lowest BCUT2D eigenvalue weighted by atomic mass is 9.99. The summed E-state index contributed by atoms with van der Waals surface area (Å²) in [5.74, 6) is -0.474. The lowest BCUT2D eigenvalue weighted by Crippen LogP contribution is -2.30. The Morgan fingerprint density at radius 1 is 0.279 bits per heavy atom. The largest absolute Gasteiger partial charge is 0.472 e. The van der Waals surface area contributed by atoms with Crippen LogP contribution in [-0.4, -0.2) is 96.7 Å². The van der Waals surface area contributed by atoms with Crippen LogP contribution in [0.3, 0.4) is 0 Å². The maximum atomic E-state index is 13.1. The Kier molecular flexibility index (Phi) is 75.0. The predicted octanol–water partition coefficient (Wildman–Crippen LogP) is 25.8. The Balaban J connectivity index is 5.15. The van der Waals surface area contributed by atoms with E-state index in [1.54, 1.807) is 0 Å². The number of ether oxygens (including phenoxy) is 4. The molecule has 0 aliphatic heterocycles. The molecule has 0 aliphatic carbocycles. The van der Waals surface area contributed by atoms with Crippen LogP contribution in [0.4, 0.5) is 0 Å². The monoisotopic (exact) mass is 1520 g/mol. The maximum absolute atomic E-state index is 13.1. The number of phosphoric acid groups is 2. The van der Waals surface area contributed by atoms with Crippen molar-refractivity contribution in [3.63, 3.8) is 0 Å². The standard InChI is InChI=1S/C85H166O17P2/c1-7-10-12-14-16-17-18-19-20-21-22-23-24-28-31-34-39-44-50-56-62-68-83(88)96-74-81(102-84(89)69-63-57-51-45-40-35-32-29-26-25-27-30-33-38-43-49-54-60-66-78(6)9-3)76-100-104(93,94)98-72-79(86)71-97-103(91,92)99-75-80(73-95-82(87)67-61-55-47-15-13-11-8-2)101-85(90)70-64-58-52-46-41-36-37-42-48-53-59-65-77(4)5/h77-81,86H,7-76H2,1-6H3,(H,91,92)(H,93,94)/t78?,79-,80+,81+/m0/s1. The second kappa shape index (κ2) is 76.4. The van der Waals surface area contributed by atoms with Crippen molar-refractivity contribution in [1.82, 2.24) is 0 Å². The van der Waals surface area contributed by atoms with Crippen LogP contribution in [0.1, 0.15) is 452 Å². The van der Waals surface area contributed by atoms with Crippen molar-refractivity contribution in [2.24, 2.45) is 11.8 Å². The molecule has 0 aromatic carbocycles. The van der Waals surface area contributed by atoms with E-state index in [1.165, 1.54) is 257 Å². The van der Waals surface area contributed by atoms with Crippen LogP contribution in [0.5, 0.6) is 0 Å². The van der Waals surface area contributed by atoms with E-state index in [0.29, 0.717) is 25.7 Å². The molecular formula is C85H166O17P2. The summed E-state index contributed by atoms with van der Waals surface area (Å²) in [6.07, 6.45) is 68.3. The summed E-state index contributed by atoms with van der Waals surface area (Å²) in [6, 6.07) is 0. The summed E-state index contributed by atoms with van der Waals surface area (Å²) in [4.78, 5) is 73.0. The number of esters is 4. The van der Waals surface area contributed by atoms with Gasteiger partial charge in [0.1, 0.15) is 19.3 Å². The number of hydrogen-bond donors (Lipinski definition) is 3. The van der Waals surface area contributed by atoms with Crippen molar-refractivity contribution in [2.45, 2.75) is 471 Å². The molecule has 6 atom stereocenters. The fraction of sp³-hybridized carbons (Fsp3) is 0.953. The molecule has 0 aromatic heterocycles. The van der Waals surface area contributed by atoms with Crippen molar-refractivity contribution >= 4 is 39.5 Å². The van der Waals surface area contributed by atoms with E-state index >= 15 is 0 Å². The second-order valence-corrected chi connectivity index (χ2v) is 34.2. The quantitative estimate of drug-likeness (QED) is 0.0222. The summed E-state index contributed by atoms with van der Waals surface area (Å²) in [6.45, 7) is 9.68. The number of carbonyl (C=O) groups is 4. The van der Waals surface area contributed by atoms with Gasteiger partial charge in [-0.25, -0.2) is 9.13 Å². The van der Waals surface area contributed by atoms with E-state index in [-0.39, 0.29) is 25.7 Å². The van der Waals surface area contributed by atoms with Gasteiger partial charge in [-0.05, 0) is 37.5 Å². The lowest BCUT2D eigenvalue weighted by molar-refractivity contribution is -0.161. The minimum Gasteiger partial charge on any atom is -0.462 e. The molecule has 104 heavy (non-hydrogen) atoms. The number of aliphatic hydroxyl groups is 1. The number of phosphoric ester groups is 2. The van der Waals surface area contributed by atoms with Crippen LogP contribution in [0.15, 0.2) is 0 Å². The van der Waals surface area contributed by atoms with Crippen LogP contribution in [0, 0.1) is 11.8 Å². The van der Waals surface area contributed by atoms with E-state index < -0.39 is 97.5 Å². The molecule has 0 aliphatic rings. The first-order valence-corrected chi connectivity index (χ1v) is 47.0. The Bertz CT molecular complexity index is 2000. The van der Waals surface area contributed by atoms with E-state index in [9.17, 15) is 43.2 Å². The maximum Gasteiger partial charge on any atom is 0.472 e. The van der Waals surface area contributed by atoms with Gasteiger partial charge in [0.2, 0.25) is 0 Å². The molecule has 0 amide bonds. The first-order chi connectivity index (χ1) is 50.4. The summed E-state index contributed by atoms with van der Waals surface area (Å²) in [7, 11) is -9.92. The molecule has 0 radical (unpaired) electrons. The van der Waals surface area contributed by atoms with Crippen molar-refractivity contribution < 1.29 is 80.2 Å². The van der Waals surface area contributed by atoms with Crippen molar-refractivity contribution in [1.29, 1.82) is 0 Å². The summed E-state index contributed by atoms with van der Waals surface area (Å²) in [5.41, 5.74) is 0. The Hall–Kier alpha value is -1.94. The average Bonchev–Trinajstić information content (AvgIpc) is 0.908. The van der Waals surface area contributed by atoms with Gasteiger partial charge in [-0.2, -0.15) is 0 Å². The molecule has 0 bridgehead atoms. The van der Waals surface area contributed by atoms with E-state index in [1.807, 2.05) is 0 Å². The van der Waals surface area contributed by atoms with E-state index in [2.05, 4.69) is 41.5 Å². The third kappa shape index (κ3) is 76.8. The first kappa shape index (κ1) is 102. The van der Waals surface area contributed by atoms with Crippen molar-refractivity contribution in [3.8, 4) is 0 Å². The van der Waals surface area contributed by atoms with Crippen molar-refractivity contribution in [3.05, 3.63) is 0 Å². The molecule has 0 saturated carbocycles. The zero-order valence-electron chi connectivity index (χ0n) is 68.3. The summed E-state index contributed by atoms with van der Waals surface area (Å²) >= 11 is 0. The number of unbranched alkanes of at least 4 members (excludes halogenated alkanes) is 53. The molecule has 0 rings (SSSR count). The molecule has 0 aromatic rings. The highest BCUT2D eigenvalue weighted by molar-refractivity contribution is 7.47. The lowest BCUT2D eigenvalue weighted by Gasteiger charge is -2.21. The predicted molar refractivity (Wildman–Crippen MR) is 428 cm³/mol. The van der Waals surface area contributed by atoms with Gasteiger partial charge in [0, 0.05) is 25.7 Å². The van der Waals surface area contributed by atoms with Crippen LogP contribution in [0.2, 0.25) is 0 Å². The third-order valence-corrected chi connectivity index (χ3v) is 22.2. The van der Waals surface area contributed by atoms with Gasteiger partial charge in [0.25, 0.3) is 0 Å². The van der Waals surface area contributed by atoms with Gasteiger partial charge in [-0.3, -0.25) is 37.3 Å². The summed E-state index contributed by atoms with van der Waals surface area (Å²) in [5, 5.41) is 10.6. The Morgan fingerprint density at radius 3 is 0.731 bits per heavy atom. The fourth-order valence-electron chi connectivity index (χ4n) is 13.2. The molecule has 3 N–H and O–H groups in total. The molecule has 0 fully saturated rings. The van der Waals surface area contributed by atoms with E-state index in [0.717, 1.165) is 115 Å². The van der Waals surface area contributed by atoms with Crippen LogP contribution in [0.25, 0.3) is 0 Å². The number of rotatable bonds is 84. The number of aliphatic hydroxyl groups excluding tert-OH is 1. The Morgan fingerprint density at radius 2 is 0.490 bits per heavy atom. The molecule has 0 saturated heterocycles. The molecular weight excluding hydrogens is 1350 g/mol. The van der Waals surface area contributed by atoms with Gasteiger partial charge in [0.05, 0.1) is 26.4 Å². The molecule has 618 valence electrons.